The molecule has 2 N–H and O–H groups in total. The van der Waals surface area contributed by atoms with Gasteiger partial charge in [-0.1, -0.05) is 12.1 Å². The Hall–Kier alpha value is -1.95. The number of rotatable bonds is 3. The molecule has 0 spiro atoms. The van der Waals surface area contributed by atoms with Crippen LogP contribution in [0.5, 0.6) is 0 Å². The molecule has 0 fully saturated rings. The van der Waals surface area contributed by atoms with Crippen molar-refractivity contribution in [1.29, 1.82) is 0 Å². The van der Waals surface area contributed by atoms with Crippen molar-refractivity contribution >= 4 is 15.7 Å². The molecule has 2 aromatic rings. The van der Waals surface area contributed by atoms with Crippen LogP contribution in [-0.4, -0.2) is 23.6 Å². The molecule has 0 bridgehead atoms. The maximum atomic E-state index is 12.3. The van der Waals surface area contributed by atoms with Crippen LogP contribution in [0.1, 0.15) is 13.8 Å². The van der Waals surface area contributed by atoms with Crippen molar-refractivity contribution in [2.45, 2.75) is 24.0 Å². The lowest BCUT2D eigenvalue weighted by Gasteiger charge is -2.12. The number of aromatic nitrogens is 2. The van der Waals surface area contributed by atoms with Gasteiger partial charge in [0.2, 0.25) is 0 Å². The summed E-state index contributed by atoms with van der Waals surface area (Å²) in [5, 5.41) is -0.505. The average Bonchev–Trinajstić information content (AvgIpc) is 2.38. The number of nitrogens with zero attached hydrogens (tertiary/aromatic N) is 2. The number of benzene rings is 1. The molecule has 0 atom stereocenters. The number of nitrogens with two attached hydrogens (primary N) is 1. The Kier molecular flexibility index (Phi) is 3.53. The lowest BCUT2D eigenvalue weighted by Crippen LogP contribution is -2.15. The van der Waals surface area contributed by atoms with Crippen molar-refractivity contribution < 1.29 is 8.42 Å². The van der Waals surface area contributed by atoms with Gasteiger partial charge in [-0.3, -0.25) is 0 Å². The predicted molar refractivity (Wildman–Crippen MR) is 74.2 cm³/mol. The van der Waals surface area contributed by atoms with Gasteiger partial charge in [-0.15, -0.1) is 0 Å². The van der Waals surface area contributed by atoms with Crippen LogP contribution in [-0.2, 0) is 9.84 Å². The summed E-state index contributed by atoms with van der Waals surface area (Å²) in [6.07, 6.45) is 1.51. The summed E-state index contributed by atoms with van der Waals surface area (Å²) in [6.45, 7) is 3.29. The van der Waals surface area contributed by atoms with Gasteiger partial charge in [0.25, 0.3) is 0 Å². The number of hydrogen-bond acceptors (Lipinski definition) is 5. The number of anilines is 1. The fourth-order valence-electron chi connectivity index (χ4n) is 1.66. The molecule has 100 valence electrons. The molecule has 0 aliphatic carbocycles. The normalized spacial score (nSPS) is 11.7. The topological polar surface area (TPSA) is 85.9 Å². The number of hydrogen-bond donors (Lipinski definition) is 1. The van der Waals surface area contributed by atoms with Gasteiger partial charge < -0.3 is 5.73 Å². The lowest BCUT2D eigenvalue weighted by molar-refractivity contribution is 0.587. The molecule has 0 saturated heterocycles. The second-order valence-electron chi connectivity index (χ2n) is 4.40. The highest BCUT2D eigenvalue weighted by Crippen LogP contribution is 2.27. The standard InChI is InChI=1S/C13H15N3O2S/c1-9(2)19(17,18)11-6-4-3-5-10(11)13-15-8-7-12(14)16-13/h3-9H,1-2H3,(H2,14,15,16). The molecule has 5 nitrogen and oxygen atoms in total. The van der Waals surface area contributed by atoms with Gasteiger partial charge in [-0.25, -0.2) is 18.4 Å². The molecule has 1 aromatic carbocycles. The van der Waals surface area contributed by atoms with E-state index in [1.54, 1.807) is 44.2 Å². The first-order valence-electron chi connectivity index (χ1n) is 5.84. The molecule has 6 heteroatoms. The first kappa shape index (κ1) is 13.5. The van der Waals surface area contributed by atoms with Crippen molar-refractivity contribution in [3.8, 4) is 11.4 Å². The van der Waals surface area contributed by atoms with E-state index in [4.69, 9.17) is 5.73 Å². The van der Waals surface area contributed by atoms with E-state index in [9.17, 15) is 8.42 Å². The van der Waals surface area contributed by atoms with Crippen LogP contribution in [0.4, 0.5) is 5.82 Å². The highest BCUT2D eigenvalue weighted by molar-refractivity contribution is 7.92. The Bertz CT molecular complexity index is 697. The molecule has 19 heavy (non-hydrogen) atoms. The molecule has 1 aromatic heterocycles. The van der Waals surface area contributed by atoms with E-state index in [1.165, 1.54) is 6.20 Å². The van der Waals surface area contributed by atoms with Crippen molar-refractivity contribution in [3.05, 3.63) is 36.5 Å². The van der Waals surface area contributed by atoms with E-state index in [0.29, 0.717) is 17.2 Å². The minimum atomic E-state index is -3.39. The molecular formula is C13H15N3O2S. The van der Waals surface area contributed by atoms with Crippen molar-refractivity contribution in [2.75, 3.05) is 5.73 Å². The Morgan fingerprint density at radius 3 is 2.47 bits per heavy atom. The smallest absolute Gasteiger partial charge is 0.181 e. The van der Waals surface area contributed by atoms with Crippen molar-refractivity contribution in [3.63, 3.8) is 0 Å². The first-order valence-corrected chi connectivity index (χ1v) is 7.39. The number of nitrogen functional groups attached to an aromatic ring is 1. The largest absolute Gasteiger partial charge is 0.384 e. The van der Waals surface area contributed by atoms with Gasteiger partial charge in [-0.05, 0) is 32.0 Å². The highest BCUT2D eigenvalue weighted by atomic mass is 32.2. The van der Waals surface area contributed by atoms with Crippen LogP contribution in [0.3, 0.4) is 0 Å². The Morgan fingerprint density at radius 1 is 1.16 bits per heavy atom. The molecule has 0 amide bonds. The fraction of sp³-hybridized carbons (Fsp3) is 0.231. The monoisotopic (exact) mass is 277 g/mol. The van der Waals surface area contributed by atoms with Crippen LogP contribution in [0, 0.1) is 0 Å². The molecule has 2 rings (SSSR count). The van der Waals surface area contributed by atoms with Crippen LogP contribution >= 0.6 is 0 Å². The molecule has 1 heterocycles. The Morgan fingerprint density at radius 2 is 1.84 bits per heavy atom. The van der Waals surface area contributed by atoms with Gasteiger partial charge in [0, 0.05) is 11.8 Å². The minimum absolute atomic E-state index is 0.232. The van der Waals surface area contributed by atoms with Gasteiger partial charge in [0.05, 0.1) is 10.1 Å². The van der Waals surface area contributed by atoms with Gasteiger partial charge in [-0.2, -0.15) is 0 Å². The minimum Gasteiger partial charge on any atom is -0.384 e. The molecular weight excluding hydrogens is 262 g/mol. The highest BCUT2D eigenvalue weighted by Gasteiger charge is 2.23. The molecule has 0 aliphatic rings. The van der Waals surface area contributed by atoms with E-state index in [2.05, 4.69) is 9.97 Å². The predicted octanol–water partition coefficient (Wildman–Crippen LogP) is 1.91. The SMILES string of the molecule is CC(C)S(=O)(=O)c1ccccc1-c1nccc(N)n1. The van der Waals surface area contributed by atoms with E-state index in [-0.39, 0.29) is 4.90 Å². The molecule has 0 unspecified atom stereocenters. The average molecular weight is 277 g/mol. The molecule has 0 radical (unpaired) electrons. The summed E-state index contributed by atoms with van der Waals surface area (Å²) in [5.74, 6) is 0.626. The van der Waals surface area contributed by atoms with E-state index < -0.39 is 15.1 Å². The van der Waals surface area contributed by atoms with Crippen molar-refractivity contribution in [1.82, 2.24) is 9.97 Å². The second kappa shape index (κ2) is 4.97. The zero-order valence-electron chi connectivity index (χ0n) is 10.7. The van der Waals surface area contributed by atoms with E-state index in [0.717, 1.165) is 0 Å². The third kappa shape index (κ3) is 2.58. The second-order valence-corrected chi connectivity index (χ2v) is 6.87. The summed E-state index contributed by atoms with van der Waals surface area (Å²) in [5.41, 5.74) is 6.09. The fourth-order valence-corrected chi connectivity index (χ4v) is 2.90. The maximum absolute atomic E-state index is 12.3. The maximum Gasteiger partial charge on any atom is 0.181 e. The van der Waals surface area contributed by atoms with E-state index in [1.807, 2.05) is 0 Å². The summed E-state index contributed by atoms with van der Waals surface area (Å²) in [6, 6.07) is 8.25. The Labute approximate surface area is 112 Å². The van der Waals surface area contributed by atoms with Gasteiger partial charge in [0.15, 0.2) is 15.7 Å². The van der Waals surface area contributed by atoms with Crippen LogP contribution in [0.15, 0.2) is 41.4 Å². The van der Waals surface area contributed by atoms with Gasteiger partial charge >= 0.3 is 0 Å². The summed E-state index contributed by atoms with van der Waals surface area (Å²) < 4.78 is 24.6. The number of sulfone groups is 1. The van der Waals surface area contributed by atoms with Crippen molar-refractivity contribution in [2.24, 2.45) is 0 Å². The summed E-state index contributed by atoms with van der Waals surface area (Å²) in [4.78, 5) is 8.40. The third-order valence-electron chi connectivity index (χ3n) is 2.73. The zero-order valence-corrected chi connectivity index (χ0v) is 11.6. The molecule has 0 saturated carbocycles. The summed E-state index contributed by atoms with van der Waals surface area (Å²) >= 11 is 0. The lowest BCUT2D eigenvalue weighted by atomic mass is 10.2. The van der Waals surface area contributed by atoms with Gasteiger partial charge in [0.1, 0.15) is 5.82 Å². The van der Waals surface area contributed by atoms with Crippen LogP contribution in [0.25, 0.3) is 11.4 Å². The zero-order chi connectivity index (χ0) is 14.0. The van der Waals surface area contributed by atoms with Crippen LogP contribution in [0.2, 0.25) is 0 Å². The quantitative estimate of drug-likeness (QED) is 0.926. The van der Waals surface area contributed by atoms with Crippen LogP contribution < -0.4 is 5.73 Å². The third-order valence-corrected chi connectivity index (χ3v) is 4.94. The summed E-state index contributed by atoms with van der Waals surface area (Å²) in [7, 11) is -3.39. The molecule has 0 aliphatic heterocycles. The Balaban J connectivity index is 2.67. The van der Waals surface area contributed by atoms with E-state index >= 15 is 0 Å². The first-order chi connectivity index (χ1) is 8.93.